The number of furan rings is 1. The van der Waals surface area contributed by atoms with Crippen LogP contribution in [-0.2, 0) is 20.7 Å². The lowest BCUT2D eigenvalue weighted by Crippen LogP contribution is -2.45. The van der Waals surface area contributed by atoms with E-state index in [2.05, 4.69) is 0 Å². The molecule has 1 atom stereocenters. The van der Waals surface area contributed by atoms with Gasteiger partial charge in [-0.05, 0) is 58.0 Å². The summed E-state index contributed by atoms with van der Waals surface area (Å²) < 4.78 is 11.3. The zero-order valence-corrected chi connectivity index (χ0v) is 18.8. The van der Waals surface area contributed by atoms with Crippen molar-refractivity contribution in [3.8, 4) is 0 Å². The molecular weight excluding hydrogens is 404 g/mol. The Kier molecular flexibility index (Phi) is 5.58. The van der Waals surface area contributed by atoms with Crippen molar-refractivity contribution in [3.05, 3.63) is 34.0 Å². The second-order valence-electron chi connectivity index (χ2n) is 9.10. The summed E-state index contributed by atoms with van der Waals surface area (Å²) in [5, 5.41) is 1.64. The summed E-state index contributed by atoms with van der Waals surface area (Å²) in [7, 11) is 3.96. The van der Waals surface area contributed by atoms with E-state index in [0.29, 0.717) is 31.0 Å². The molecule has 0 N–H and O–H groups in total. The first-order chi connectivity index (χ1) is 14.2. The number of amides is 1. The molecular formula is C23H29ClN2O4. The van der Waals surface area contributed by atoms with Crippen molar-refractivity contribution in [2.75, 3.05) is 33.7 Å². The monoisotopic (exact) mass is 432 g/mol. The molecule has 162 valence electrons. The molecule has 1 unspecified atom stereocenters. The Bertz CT molecular complexity index is 989. The average molecular weight is 433 g/mol. The zero-order chi connectivity index (χ0) is 21.6. The average Bonchev–Trinajstić information content (AvgIpc) is 3.20. The third-order valence-electron chi connectivity index (χ3n) is 6.60. The molecule has 1 spiro atoms. The quantitative estimate of drug-likeness (QED) is 0.689. The molecule has 2 aromatic rings. The van der Waals surface area contributed by atoms with E-state index in [1.165, 1.54) is 0 Å². The summed E-state index contributed by atoms with van der Waals surface area (Å²) in [6.45, 7) is 5.81. The van der Waals surface area contributed by atoms with Crippen molar-refractivity contribution in [1.82, 2.24) is 9.80 Å². The molecule has 2 aliphatic rings. The van der Waals surface area contributed by atoms with Crippen molar-refractivity contribution < 1.29 is 18.7 Å². The molecule has 3 heterocycles. The number of halogens is 1. The van der Waals surface area contributed by atoms with Gasteiger partial charge in [-0.2, -0.15) is 0 Å². The van der Waals surface area contributed by atoms with E-state index >= 15 is 0 Å². The van der Waals surface area contributed by atoms with Gasteiger partial charge in [-0.3, -0.25) is 9.59 Å². The first-order valence-corrected chi connectivity index (χ1v) is 10.9. The van der Waals surface area contributed by atoms with E-state index in [-0.39, 0.29) is 24.4 Å². The van der Waals surface area contributed by atoms with Crippen LogP contribution in [0.4, 0.5) is 0 Å². The normalized spacial score (nSPS) is 21.1. The molecule has 1 amide bonds. The number of carbonyl (C=O) groups excluding carboxylic acids is 2. The Balaban J connectivity index is 1.43. The summed E-state index contributed by atoms with van der Waals surface area (Å²) in [6, 6.07) is 1.92. The van der Waals surface area contributed by atoms with Crippen LogP contribution in [0.15, 0.2) is 16.7 Å². The number of rotatable bonds is 4. The fourth-order valence-electron chi connectivity index (χ4n) is 4.95. The van der Waals surface area contributed by atoms with Crippen LogP contribution in [0.5, 0.6) is 0 Å². The lowest BCUT2D eigenvalue weighted by Gasteiger charge is -2.36. The highest BCUT2D eigenvalue weighted by Crippen LogP contribution is 2.43. The van der Waals surface area contributed by atoms with E-state index in [0.717, 1.165) is 40.6 Å². The van der Waals surface area contributed by atoms with Crippen molar-refractivity contribution in [1.29, 1.82) is 0 Å². The highest BCUT2D eigenvalue weighted by Gasteiger charge is 2.50. The Hall–Kier alpha value is -2.05. The van der Waals surface area contributed by atoms with Gasteiger partial charge in [0.2, 0.25) is 5.91 Å². The van der Waals surface area contributed by atoms with Gasteiger partial charge in [0.05, 0.1) is 18.1 Å². The number of fused-ring (bicyclic) bond motifs is 1. The summed E-state index contributed by atoms with van der Waals surface area (Å²) in [6.07, 6.45) is 3.96. The topological polar surface area (TPSA) is 63.0 Å². The number of likely N-dealkylation sites (N-methyl/N-ethyl adjacent to an activating group) is 1. The van der Waals surface area contributed by atoms with E-state index < -0.39 is 5.41 Å². The largest absolute Gasteiger partial charge is 0.464 e. The number of aryl methyl sites for hydroxylation is 2. The molecule has 2 aliphatic heterocycles. The van der Waals surface area contributed by atoms with E-state index in [4.69, 9.17) is 20.8 Å². The number of carbonyl (C=O) groups is 2. The smallest absolute Gasteiger partial charge is 0.312 e. The maximum atomic E-state index is 13.0. The Morgan fingerprint density at radius 1 is 1.30 bits per heavy atom. The molecule has 0 bridgehead atoms. The maximum Gasteiger partial charge on any atom is 0.312 e. The third-order valence-corrected chi connectivity index (χ3v) is 7.18. The fourth-order valence-corrected chi connectivity index (χ4v) is 5.10. The lowest BCUT2D eigenvalue weighted by molar-refractivity contribution is -0.152. The number of benzene rings is 1. The molecule has 7 heteroatoms. The van der Waals surface area contributed by atoms with Gasteiger partial charge in [-0.1, -0.05) is 11.6 Å². The first-order valence-electron chi connectivity index (χ1n) is 10.5. The van der Waals surface area contributed by atoms with Gasteiger partial charge in [0.15, 0.2) is 0 Å². The zero-order valence-electron chi connectivity index (χ0n) is 18.1. The summed E-state index contributed by atoms with van der Waals surface area (Å²) in [5.74, 6) is -0.0391. The van der Waals surface area contributed by atoms with Crippen LogP contribution < -0.4 is 0 Å². The van der Waals surface area contributed by atoms with Crippen molar-refractivity contribution >= 4 is 34.4 Å². The molecule has 0 radical (unpaired) electrons. The van der Waals surface area contributed by atoms with Crippen molar-refractivity contribution in [2.45, 2.75) is 45.6 Å². The molecule has 30 heavy (non-hydrogen) atoms. The number of hydrogen-bond acceptors (Lipinski definition) is 5. The number of nitrogens with zero attached hydrogens (tertiary/aromatic N) is 2. The Labute approximate surface area is 182 Å². The van der Waals surface area contributed by atoms with Crippen LogP contribution in [0.25, 0.3) is 11.0 Å². The van der Waals surface area contributed by atoms with Gasteiger partial charge < -0.3 is 19.0 Å². The minimum atomic E-state index is -0.429. The number of cyclic esters (lactones) is 1. The van der Waals surface area contributed by atoms with Crippen LogP contribution >= 0.6 is 11.6 Å². The molecule has 2 fully saturated rings. The number of piperidine rings is 1. The second-order valence-corrected chi connectivity index (χ2v) is 9.48. The molecule has 1 aromatic heterocycles. The van der Waals surface area contributed by atoms with Crippen LogP contribution in [-0.4, -0.2) is 61.5 Å². The SMILES string of the molecule is Cc1cc2occ(CC(=O)N3CCC4(CC3)CC(CN(C)C)OC4=O)c2c(C)c1Cl. The first kappa shape index (κ1) is 21.2. The highest BCUT2D eigenvalue weighted by molar-refractivity contribution is 6.33. The predicted molar refractivity (Wildman–Crippen MR) is 116 cm³/mol. The van der Waals surface area contributed by atoms with Crippen molar-refractivity contribution in [2.24, 2.45) is 5.41 Å². The number of likely N-dealkylation sites (tertiary alicyclic amines) is 1. The van der Waals surface area contributed by atoms with E-state index in [1.807, 2.05) is 43.8 Å². The summed E-state index contributed by atoms with van der Waals surface area (Å²) in [4.78, 5) is 29.5. The molecule has 2 saturated heterocycles. The number of hydrogen-bond donors (Lipinski definition) is 0. The van der Waals surface area contributed by atoms with Gasteiger partial charge in [0.1, 0.15) is 11.7 Å². The number of ether oxygens (including phenoxy) is 1. The van der Waals surface area contributed by atoms with Gasteiger partial charge in [0.25, 0.3) is 0 Å². The van der Waals surface area contributed by atoms with Gasteiger partial charge in [0, 0.05) is 42.0 Å². The molecule has 0 aliphatic carbocycles. The Morgan fingerprint density at radius 3 is 2.67 bits per heavy atom. The molecule has 4 rings (SSSR count). The number of esters is 1. The predicted octanol–water partition coefficient (Wildman–Crippen LogP) is 3.73. The van der Waals surface area contributed by atoms with Crippen LogP contribution in [0.2, 0.25) is 5.02 Å². The second kappa shape index (κ2) is 7.89. The third kappa shape index (κ3) is 3.71. The molecule has 0 saturated carbocycles. The molecule has 6 nitrogen and oxygen atoms in total. The summed E-state index contributed by atoms with van der Waals surface area (Å²) in [5.41, 5.74) is 3.10. The maximum absolute atomic E-state index is 13.0. The van der Waals surface area contributed by atoms with E-state index in [1.54, 1.807) is 6.26 Å². The standard InChI is InChI=1S/C23H29ClN2O4/c1-14-9-18-20(15(2)21(14)24)16(13-29-18)10-19(27)26-7-5-23(6-8-26)11-17(12-25(3)4)30-22(23)28/h9,13,17H,5-8,10-12H2,1-4H3. The van der Waals surface area contributed by atoms with Crippen LogP contribution in [0.3, 0.4) is 0 Å². The molecule has 1 aromatic carbocycles. The lowest BCUT2D eigenvalue weighted by atomic mass is 9.76. The fraction of sp³-hybridized carbons (Fsp3) is 0.565. The summed E-state index contributed by atoms with van der Waals surface area (Å²) >= 11 is 6.41. The van der Waals surface area contributed by atoms with Crippen LogP contribution in [0, 0.1) is 19.3 Å². The highest BCUT2D eigenvalue weighted by atomic mass is 35.5. The minimum absolute atomic E-state index is 0.0526. The minimum Gasteiger partial charge on any atom is -0.464 e. The van der Waals surface area contributed by atoms with Crippen molar-refractivity contribution in [3.63, 3.8) is 0 Å². The van der Waals surface area contributed by atoms with Gasteiger partial charge in [-0.25, -0.2) is 0 Å². The Morgan fingerprint density at radius 2 is 2.00 bits per heavy atom. The van der Waals surface area contributed by atoms with Crippen LogP contribution in [0.1, 0.15) is 36.0 Å². The van der Waals surface area contributed by atoms with E-state index in [9.17, 15) is 9.59 Å². The van der Waals surface area contributed by atoms with Gasteiger partial charge >= 0.3 is 5.97 Å². The van der Waals surface area contributed by atoms with Gasteiger partial charge in [-0.15, -0.1) is 0 Å².